The minimum absolute atomic E-state index is 0. The van der Waals surface area contributed by atoms with Crippen LogP contribution in [-0.4, -0.2) is 25.0 Å². The third-order valence-electron chi connectivity index (χ3n) is 1.70. The smallest absolute Gasteiger partial charge is 0.217 e. The molecule has 1 fully saturated rings. The third kappa shape index (κ3) is 4.22. The van der Waals surface area contributed by atoms with E-state index in [-0.39, 0.29) is 18.3 Å². The second-order valence-electron chi connectivity index (χ2n) is 2.74. The van der Waals surface area contributed by atoms with E-state index in [0.29, 0.717) is 6.04 Å². The minimum Gasteiger partial charge on any atom is -0.352 e. The monoisotopic (exact) mass is 178 g/mol. The Labute approximate surface area is 73.3 Å². The molecule has 11 heavy (non-hydrogen) atoms. The molecule has 0 aromatic carbocycles. The van der Waals surface area contributed by atoms with Crippen LogP contribution in [0, 0.1) is 0 Å². The Balaban J connectivity index is 0.000001000. The van der Waals surface area contributed by atoms with E-state index in [2.05, 4.69) is 10.6 Å². The van der Waals surface area contributed by atoms with E-state index in [0.717, 1.165) is 19.5 Å². The van der Waals surface area contributed by atoms with Crippen molar-refractivity contribution < 1.29 is 4.79 Å². The second-order valence-corrected chi connectivity index (χ2v) is 2.74. The molecule has 1 aliphatic rings. The number of hydrogen-bond acceptors (Lipinski definition) is 2. The van der Waals surface area contributed by atoms with Crippen molar-refractivity contribution in [2.24, 2.45) is 0 Å². The number of rotatable bonds is 1. The molecule has 0 unspecified atom stereocenters. The molecule has 0 saturated carbocycles. The van der Waals surface area contributed by atoms with Crippen LogP contribution in [0.15, 0.2) is 0 Å². The molecule has 4 heteroatoms. The average molecular weight is 179 g/mol. The SMILES string of the molecule is CC(=O)N[C@H]1CCCNC1.Cl. The van der Waals surface area contributed by atoms with Crippen molar-refractivity contribution in [1.82, 2.24) is 10.6 Å². The number of carbonyl (C=O) groups is 1. The average Bonchev–Trinajstić information content (AvgIpc) is 1.88. The molecule has 1 rings (SSSR count). The van der Waals surface area contributed by atoms with Crippen LogP contribution < -0.4 is 10.6 Å². The maximum atomic E-state index is 10.6. The van der Waals surface area contributed by atoms with Gasteiger partial charge in [0.2, 0.25) is 5.91 Å². The van der Waals surface area contributed by atoms with Gasteiger partial charge in [-0.05, 0) is 19.4 Å². The quantitative estimate of drug-likeness (QED) is 0.607. The summed E-state index contributed by atoms with van der Waals surface area (Å²) in [6, 6.07) is 0.367. The maximum absolute atomic E-state index is 10.6. The molecular formula is C7H15ClN2O. The van der Waals surface area contributed by atoms with Crippen LogP contribution in [0.25, 0.3) is 0 Å². The summed E-state index contributed by atoms with van der Waals surface area (Å²) in [7, 11) is 0. The van der Waals surface area contributed by atoms with Gasteiger partial charge >= 0.3 is 0 Å². The first-order valence-electron chi connectivity index (χ1n) is 3.77. The molecule has 1 amide bonds. The molecule has 2 N–H and O–H groups in total. The summed E-state index contributed by atoms with van der Waals surface area (Å²) in [5.41, 5.74) is 0. The third-order valence-corrected chi connectivity index (χ3v) is 1.70. The molecule has 66 valence electrons. The summed E-state index contributed by atoms with van der Waals surface area (Å²) < 4.78 is 0. The number of halogens is 1. The van der Waals surface area contributed by atoms with Crippen molar-refractivity contribution in [2.45, 2.75) is 25.8 Å². The number of carbonyl (C=O) groups excluding carboxylic acids is 1. The van der Waals surface area contributed by atoms with Gasteiger partial charge in [-0.2, -0.15) is 0 Å². The van der Waals surface area contributed by atoms with Crippen LogP contribution in [0.2, 0.25) is 0 Å². The highest BCUT2D eigenvalue weighted by Gasteiger charge is 2.12. The van der Waals surface area contributed by atoms with Gasteiger partial charge in [0.15, 0.2) is 0 Å². The Morgan fingerprint density at radius 2 is 2.36 bits per heavy atom. The molecule has 1 aliphatic heterocycles. The lowest BCUT2D eigenvalue weighted by molar-refractivity contribution is -0.119. The van der Waals surface area contributed by atoms with Gasteiger partial charge in [0, 0.05) is 19.5 Å². The molecule has 0 aromatic heterocycles. The van der Waals surface area contributed by atoms with Crippen molar-refractivity contribution in [3.05, 3.63) is 0 Å². The number of amides is 1. The summed E-state index contributed by atoms with van der Waals surface area (Å²) in [5.74, 6) is 0.0775. The van der Waals surface area contributed by atoms with Crippen LogP contribution in [-0.2, 0) is 4.79 Å². The van der Waals surface area contributed by atoms with Gasteiger partial charge < -0.3 is 10.6 Å². The maximum Gasteiger partial charge on any atom is 0.217 e. The van der Waals surface area contributed by atoms with E-state index in [4.69, 9.17) is 0 Å². The molecule has 0 radical (unpaired) electrons. The van der Waals surface area contributed by atoms with Crippen LogP contribution in [0.3, 0.4) is 0 Å². The Bertz CT molecular complexity index is 124. The van der Waals surface area contributed by atoms with E-state index in [1.54, 1.807) is 6.92 Å². The Hall–Kier alpha value is -0.280. The van der Waals surface area contributed by atoms with Crippen molar-refractivity contribution >= 4 is 18.3 Å². The highest BCUT2D eigenvalue weighted by atomic mass is 35.5. The van der Waals surface area contributed by atoms with Gasteiger partial charge in [0.25, 0.3) is 0 Å². The molecule has 0 spiro atoms. The summed E-state index contributed by atoms with van der Waals surface area (Å²) in [6.07, 6.45) is 2.29. The predicted molar refractivity (Wildman–Crippen MR) is 47.0 cm³/mol. The zero-order valence-corrected chi connectivity index (χ0v) is 7.54. The van der Waals surface area contributed by atoms with E-state index in [1.165, 1.54) is 6.42 Å². The molecule has 0 bridgehead atoms. The number of piperidine rings is 1. The van der Waals surface area contributed by atoms with Crippen molar-refractivity contribution in [1.29, 1.82) is 0 Å². The minimum atomic E-state index is 0. The molecule has 0 aromatic rings. The number of nitrogens with one attached hydrogen (secondary N) is 2. The van der Waals surface area contributed by atoms with Gasteiger partial charge in [0.05, 0.1) is 0 Å². The van der Waals surface area contributed by atoms with Crippen LogP contribution in [0.4, 0.5) is 0 Å². The normalized spacial score (nSPS) is 23.5. The first kappa shape index (κ1) is 10.7. The lowest BCUT2D eigenvalue weighted by Gasteiger charge is -2.22. The van der Waals surface area contributed by atoms with Gasteiger partial charge in [0.1, 0.15) is 0 Å². The summed E-state index contributed by atoms with van der Waals surface area (Å²) in [5, 5.41) is 6.11. The van der Waals surface area contributed by atoms with Crippen LogP contribution in [0.5, 0.6) is 0 Å². The van der Waals surface area contributed by atoms with Crippen LogP contribution >= 0.6 is 12.4 Å². The van der Waals surface area contributed by atoms with Crippen molar-refractivity contribution in [3.63, 3.8) is 0 Å². The Morgan fingerprint density at radius 1 is 1.64 bits per heavy atom. The van der Waals surface area contributed by atoms with Gasteiger partial charge in [-0.15, -0.1) is 12.4 Å². The summed E-state index contributed by atoms with van der Waals surface area (Å²) in [6.45, 7) is 3.59. The predicted octanol–water partition coefficient (Wildman–Crippen LogP) is 0.296. The molecule has 1 saturated heterocycles. The van der Waals surface area contributed by atoms with E-state index >= 15 is 0 Å². The molecule has 1 heterocycles. The van der Waals surface area contributed by atoms with Gasteiger partial charge in [-0.1, -0.05) is 0 Å². The van der Waals surface area contributed by atoms with E-state index in [1.807, 2.05) is 0 Å². The summed E-state index contributed by atoms with van der Waals surface area (Å²) in [4.78, 5) is 10.6. The fraction of sp³-hybridized carbons (Fsp3) is 0.857. The van der Waals surface area contributed by atoms with E-state index < -0.39 is 0 Å². The Kier molecular flexibility index (Phi) is 5.24. The molecule has 1 atom stereocenters. The zero-order valence-electron chi connectivity index (χ0n) is 6.72. The highest BCUT2D eigenvalue weighted by Crippen LogP contribution is 2.00. The van der Waals surface area contributed by atoms with Crippen molar-refractivity contribution in [3.8, 4) is 0 Å². The van der Waals surface area contributed by atoms with Crippen LogP contribution in [0.1, 0.15) is 19.8 Å². The number of hydrogen-bond donors (Lipinski definition) is 2. The summed E-state index contributed by atoms with van der Waals surface area (Å²) >= 11 is 0. The van der Waals surface area contributed by atoms with Gasteiger partial charge in [-0.3, -0.25) is 4.79 Å². The van der Waals surface area contributed by atoms with Gasteiger partial charge in [-0.25, -0.2) is 0 Å². The first-order valence-corrected chi connectivity index (χ1v) is 3.77. The topological polar surface area (TPSA) is 41.1 Å². The Morgan fingerprint density at radius 3 is 2.82 bits per heavy atom. The van der Waals surface area contributed by atoms with E-state index in [9.17, 15) is 4.79 Å². The lowest BCUT2D eigenvalue weighted by atomic mass is 10.1. The fourth-order valence-electron chi connectivity index (χ4n) is 1.26. The fourth-order valence-corrected chi connectivity index (χ4v) is 1.26. The zero-order chi connectivity index (χ0) is 7.40. The molecular weight excluding hydrogens is 164 g/mol. The first-order chi connectivity index (χ1) is 4.79. The largest absolute Gasteiger partial charge is 0.352 e. The molecule has 3 nitrogen and oxygen atoms in total. The lowest BCUT2D eigenvalue weighted by Crippen LogP contribution is -2.44. The second kappa shape index (κ2) is 5.38. The highest BCUT2D eigenvalue weighted by molar-refractivity contribution is 5.85. The van der Waals surface area contributed by atoms with Crippen molar-refractivity contribution in [2.75, 3.05) is 13.1 Å². The standard InChI is InChI=1S/C7H14N2O.ClH/c1-6(10)9-7-3-2-4-8-5-7;/h7-8H,2-5H2,1H3,(H,9,10);1H/t7-;/m0./s1. The molecule has 0 aliphatic carbocycles.